The third-order valence-electron chi connectivity index (χ3n) is 3.66. The van der Waals surface area contributed by atoms with Crippen LogP contribution in [-0.2, 0) is 0 Å². The number of nitrogens with zero attached hydrogens (tertiary/aromatic N) is 3. The molecular formula is C19H36N4. The predicted octanol–water partition coefficient (Wildman–Crippen LogP) is 4.40. The van der Waals surface area contributed by atoms with Gasteiger partial charge in [0.05, 0.1) is 0 Å². The van der Waals surface area contributed by atoms with E-state index in [4.69, 9.17) is 0 Å². The van der Waals surface area contributed by atoms with E-state index in [1.54, 1.807) is 5.01 Å². The van der Waals surface area contributed by atoms with Crippen molar-refractivity contribution in [2.75, 3.05) is 27.3 Å². The molecule has 0 saturated carbocycles. The van der Waals surface area contributed by atoms with Gasteiger partial charge >= 0.3 is 0 Å². The van der Waals surface area contributed by atoms with Gasteiger partial charge in [0, 0.05) is 19.7 Å². The zero-order valence-corrected chi connectivity index (χ0v) is 15.4. The molecule has 132 valence electrons. The molecule has 0 aromatic rings. The van der Waals surface area contributed by atoms with Crippen molar-refractivity contribution >= 4 is 12.9 Å². The Balaban J connectivity index is 3.80. The molecule has 0 fully saturated rings. The molecule has 0 saturated heterocycles. The smallest absolute Gasteiger partial charge is 0.125 e. The highest BCUT2D eigenvalue weighted by Gasteiger charge is 1.92. The average molecular weight is 321 g/mol. The normalized spacial score (nSPS) is 12.4. The molecule has 0 aromatic heterocycles. The second-order valence-corrected chi connectivity index (χ2v) is 5.79. The van der Waals surface area contributed by atoms with Crippen LogP contribution in [0.15, 0.2) is 33.9 Å². The highest BCUT2D eigenvalue weighted by Crippen LogP contribution is 2.08. The van der Waals surface area contributed by atoms with Gasteiger partial charge in [0.25, 0.3) is 0 Å². The van der Waals surface area contributed by atoms with E-state index in [2.05, 4.69) is 47.3 Å². The van der Waals surface area contributed by atoms with E-state index in [1.807, 2.05) is 20.3 Å². The number of rotatable bonds is 15. The summed E-state index contributed by atoms with van der Waals surface area (Å²) in [7, 11) is 3.92. The molecule has 0 aliphatic heterocycles. The number of hydrogen-bond acceptors (Lipinski definition) is 4. The summed E-state index contributed by atoms with van der Waals surface area (Å²) in [5.41, 5.74) is 1.40. The lowest BCUT2D eigenvalue weighted by Gasteiger charge is -2.08. The molecule has 1 N–H and O–H groups in total. The number of hydrazone groups is 1. The van der Waals surface area contributed by atoms with Crippen LogP contribution in [0.3, 0.4) is 0 Å². The zero-order chi connectivity index (χ0) is 17.2. The first-order valence-corrected chi connectivity index (χ1v) is 8.89. The number of allylic oxidation sites excluding steroid dienone is 4. The Labute approximate surface area is 143 Å². The minimum atomic E-state index is 0.538. The van der Waals surface area contributed by atoms with Gasteiger partial charge in [-0.3, -0.25) is 10.0 Å². The van der Waals surface area contributed by atoms with Crippen LogP contribution in [0.25, 0.3) is 0 Å². The first-order valence-electron chi connectivity index (χ1n) is 8.89. The standard InChI is InChI=1S/C19H36N4/c1-5-19(15-17-22-23(4)18-21-3)14-12-10-8-6-7-9-11-13-16-20-2/h10,12,14,17,20H,3,5-9,11,13,15-16,18H2,1-2,4H3/b12-10-,19-14+,22-17-. The van der Waals surface area contributed by atoms with Crippen LogP contribution in [0.2, 0.25) is 0 Å². The Kier molecular flexibility index (Phi) is 15.9. The van der Waals surface area contributed by atoms with E-state index in [-0.39, 0.29) is 0 Å². The molecular weight excluding hydrogens is 284 g/mol. The van der Waals surface area contributed by atoms with Crippen molar-refractivity contribution in [3.63, 3.8) is 0 Å². The Morgan fingerprint density at radius 2 is 1.91 bits per heavy atom. The van der Waals surface area contributed by atoms with E-state index >= 15 is 0 Å². The minimum absolute atomic E-state index is 0.538. The van der Waals surface area contributed by atoms with Crippen LogP contribution in [0.4, 0.5) is 0 Å². The Hall–Kier alpha value is -1.42. The van der Waals surface area contributed by atoms with E-state index in [0.717, 1.165) is 19.4 Å². The lowest BCUT2D eigenvalue weighted by molar-refractivity contribution is 0.370. The molecule has 4 nitrogen and oxygen atoms in total. The fourth-order valence-corrected chi connectivity index (χ4v) is 2.20. The monoisotopic (exact) mass is 320 g/mol. The topological polar surface area (TPSA) is 40.0 Å². The molecule has 0 radical (unpaired) electrons. The molecule has 0 bridgehead atoms. The molecule has 4 heteroatoms. The zero-order valence-electron chi connectivity index (χ0n) is 15.4. The van der Waals surface area contributed by atoms with E-state index in [1.165, 1.54) is 44.1 Å². The fraction of sp³-hybridized carbons (Fsp3) is 0.684. The van der Waals surface area contributed by atoms with E-state index in [0.29, 0.717) is 6.67 Å². The summed E-state index contributed by atoms with van der Waals surface area (Å²) in [6, 6.07) is 0. The summed E-state index contributed by atoms with van der Waals surface area (Å²) in [4.78, 5) is 3.79. The van der Waals surface area contributed by atoms with Gasteiger partial charge in [-0.25, -0.2) is 0 Å². The quantitative estimate of drug-likeness (QED) is 0.210. The Bertz CT molecular complexity index is 358. The van der Waals surface area contributed by atoms with Crippen molar-refractivity contribution in [3.05, 3.63) is 23.8 Å². The molecule has 0 unspecified atom stereocenters. The average Bonchev–Trinajstić information content (AvgIpc) is 2.55. The van der Waals surface area contributed by atoms with Gasteiger partial charge in [-0.1, -0.05) is 50.0 Å². The summed E-state index contributed by atoms with van der Waals surface area (Å²) in [5.74, 6) is 0. The lowest BCUT2D eigenvalue weighted by atomic mass is 10.1. The molecule has 0 amide bonds. The Morgan fingerprint density at radius 1 is 1.17 bits per heavy atom. The van der Waals surface area contributed by atoms with E-state index in [9.17, 15) is 0 Å². The third kappa shape index (κ3) is 15.3. The maximum Gasteiger partial charge on any atom is 0.125 e. The van der Waals surface area contributed by atoms with Crippen LogP contribution in [0.5, 0.6) is 0 Å². The van der Waals surface area contributed by atoms with Crippen molar-refractivity contribution in [3.8, 4) is 0 Å². The maximum absolute atomic E-state index is 4.31. The van der Waals surface area contributed by atoms with Crippen molar-refractivity contribution in [2.45, 2.75) is 58.3 Å². The molecule has 23 heavy (non-hydrogen) atoms. The van der Waals surface area contributed by atoms with Gasteiger partial charge < -0.3 is 5.32 Å². The SMILES string of the molecule is C=NCN(C)/N=C\C/C(=C/C=C\CCCCCCCNC)CC. The van der Waals surface area contributed by atoms with Crippen molar-refractivity contribution in [1.29, 1.82) is 0 Å². The number of aliphatic imine (C=N–C) groups is 1. The molecule has 0 atom stereocenters. The van der Waals surface area contributed by atoms with Crippen LogP contribution >= 0.6 is 0 Å². The molecule has 0 aliphatic rings. The maximum atomic E-state index is 4.31. The second kappa shape index (κ2) is 16.9. The van der Waals surface area contributed by atoms with Gasteiger partial charge in [-0.05, 0) is 46.0 Å². The Morgan fingerprint density at radius 3 is 2.61 bits per heavy atom. The number of hydrogen-bond donors (Lipinski definition) is 1. The first-order chi connectivity index (χ1) is 11.2. The van der Waals surface area contributed by atoms with E-state index < -0.39 is 0 Å². The molecule has 0 aliphatic carbocycles. The van der Waals surface area contributed by atoms with Crippen LogP contribution in [0.1, 0.15) is 58.3 Å². The van der Waals surface area contributed by atoms with Crippen molar-refractivity contribution in [1.82, 2.24) is 10.3 Å². The fourth-order valence-electron chi connectivity index (χ4n) is 2.20. The van der Waals surface area contributed by atoms with Crippen LogP contribution < -0.4 is 5.32 Å². The van der Waals surface area contributed by atoms with Crippen molar-refractivity contribution in [2.24, 2.45) is 10.1 Å². The molecule has 0 heterocycles. The first kappa shape index (κ1) is 21.6. The van der Waals surface area contributed by atoms with Gasteiger partial charge in [0.1, 0.15) is 6.67 Å². The summed E-state index contributed by atoms with van der Waals surface area (Å²) in [6.45, 7) is 7.33. The summed E-state index contributed by atoms with van der Waals surface area (Å²) in [5, 5.41) is 9.28. The van der Waals surface area contributed by atoms with Gasteiger partial charge in [-0.15, -0.1) is 0 Å². The second-order valence-electron chi connectivity index (χ2n) is 5.79. The minimum Gasteiger partial charge on any atom is -0.320 e. The van der Waals surface area contributed by atoms with Crippen molar-refractivity contribution < 1.29 is 0 Å². The highest BCUT2D eigenvalue weighted by atomic mass is 15.5. The predicted molar refractivity (Wildman–Crippen MR) is 104 cm³/mol. The summed E-state index contributed by atoms with van der Waals surface area (Å²) < 4.78 is 0. The molecule has 0 aromatic carbocycles. The third-order valence-corrected chi connectivity index (χ3v) is 3.66. The van der Waals surface area contributed by atoms with Crippen LogP contribution in [0, 0.1) is 0 Å². The largest absolute Gasteiger partial charge is 0.320 e. The summed E-state index contributed by atoms with van der Waals surface area (Å²) in [6.07, 6.45) is 18.4. The molecule has 0 spiro atoms. The van der Waals surface area contributed by atoms with Gasteiger partial charge in [0.15, 0.2) is 0 Å². The molecule has 0 rings (SSSR count). The van der Waals surface area contributed by atoms with Gasteiger partial charge in [0.2, 0.25) is 0 Å². The summed E-state index contributed by atoms with van der Waals surface area (Å²) >= 11 is 0. The lowest BCUT2D eigenvalue weighted by Crippen LogP contribution is -2.10. The van der Waals surface area contributed by atoms with Gasteiger partial charge in [-0.2, -0.15) is 5.10 Å². The highest BCUT2D eigenvalue weighted by molar-refractivity contribution is 5.60. The number of nitrogens with one attached hydrogen (secondary N) is 1. The number of unbranched alkanes of at least 4 members (excludes halogenated alkanes) is 5. The van der Waals surface area contributed by atoms with Crippen LogP contribution in [-0.4, -0.2) is 45.2 Å².